The molecule has 12 heteroatoms. The molecule has 0 radical (unpaired) electrons. The van der Waals surface area contributed by atoms with Gasteiger partial charge in [0.2, 0.25) is 0 Å². The Morgan fingerprint density at radius 3 is 2.52 bits per heavy atom. The van der Waals surface area contributed by atoms with E-state index in [9.17, 15) is 23.1 Å². The number of ether oxygens (including phenoxy) is 2. The minimum atomic E-state index is -4.84. The Morgan fingerprint density at radius 1 is 1.05 bits per heavy atom. The summed E-state index contributed by atoms with van der Waals surface area (Å²) in [6.07, 6.45) is 1.88. The molecule has 7 rings (SSSR count). The number of anilines is 1. The summed E-state index contributed by atoms with van der Waals surface area (Å²) in [5.74, 6) is 0.307. The third-order valence-electron chi connectivity index (χ3n) is 8.39. The van der Waals surface area contributed by atoms with Crippen molar-refractivity contribution in [2.75, 3.05) is 4.90 Å². The predicted octanol–water partition coefficient (Wildman–Crippen LogP) is 6.48. The number of benzene rings is 2. The molecule has 4 heterocycles. The molecule has 3 aliphatic rings. The van der Waals surface area contributed by atoms with Crippen molar-refractivity contribution < 1.29 is 37.1 Å². The highest BCUT2D eigenvalue weighted by atomic mass is 19.4. The predicted molar refractivity (Wildman–Crippen MR) is 144 cm³/mol. The van der Waals surface area contributed by atoms with Crippen LogP contribution in [0.3, 0.4) is 0 Å². The first-order chi connectivity index (χ1) is 20.2. The second-order valence-corrected chi connectivity index (χ2v) is 11.1. The summed E-state index contributed by atoms with van der Waals surface area (Å²) >= 11 is 0. The van der Waals surface area contributed by atoms with E-state index in [0.29, 0.717) is 22.5 Å². The first-order valence-corrected chi connectivity index (χ1v) is 14.0. The van der Waals surface area contributed by atoms with E-state index >= 15 is 0 Å². The number of aromatic nitrogens is 3. The van der Waals surface area contributed by atoms with E-state index < -0.39 is 12.3 Å². The van der Waals surface area contributed by atoms with Crippen LogP contribution in [-0.2, 0) is 11.3 Å². The van der Waals surface area contributed by atoms with E-state index in [1.54, 1.807) is 30.3 Å². The van der Waals surface area contributed by atoms with Gasteiger partial charge < -0.3 is 24.0 Å². The molecule has 1 aliphatic carbocycles. The van der Waals surface area contributed by atoms with Crippen LogP contribution in [0.2, 0.25) is 0 Å². The molecule has 2 unspecified atom stereocenters. The summed E-state index contributed by atoms with van der Waals surface area (Å²) in [7, 11) is 0. The fourth-order valence-corrected chi connectivity index (χ4v) is 6.41. The van der Waals surface area contributed by atoms with Crippen LogP contribution in [0.15, 0.2) is 53.3 Å². The van der Waals surface area contributed by atoms with Gasteiger partial charge in [-0.25, -0.2) is 14.8 Å². The van der Waals surface area contributed by atoms with E-state index in [1.165, 1.54) is 18.5 Å². The molecule has 3 fully saturated rings. The number of piperidine rings is 1. The van der Waals surface area contributed by atoms with Crippen molar-refractivity contribution in [3.63, 3.8) is 0 Å². The molecule has 1 saturated carbocycles. The van der Waals surface area contributed by atoms with E-state index in [-0.39, 0.29) is 47.6 Å². The average Bonchev–Trinajstić information content (AvgIpc) is 3.66. The molecule has 218 valence electrons. The number of hydrogen-bond acceptors (Lipinski definition) is 8. The number of alkyl halides is 3. The van der Waals surface area contributed by atoms with Crippen LogP contribution in [0.1, 0.15) is 66.1 Å². The zero-order valence-corrected chi connectivity index (χ0v) is 22.4. The molecule has 2 aromatic carbocycles. The zero-order chi connectivity index (χ0) is 29.0. The Morgan fingerprint density at radius 2 is 1.81 bits per heavy atom. The van der Waals surface area contributed by atoms with Gasteiger partial charge in [-0.15, -0.1) is 13.2 Å². The second-order valence-electron chi connectivity index (χ2n) is 11.1. The molecule has 9 nitrogen and oxygen atoms in total. The molecule has 4 aromatic rings. The van der Waals surface area contributed by atoms with E-state index in [0.717, 1.165) is 49.7 Å². The number of rotatable bonds is 8. The van der Waals surface area contributed by atoms with Gasteiger partial charge in [-0.1, -0.05) is 17.3 Å². The van der Waals surface area contributed by atoms with Crippen LogP contribution in [0, 0.1) is 0 Å². The quantitative estimate of drug-likeness (QED) is 0.250. The smallest absolute Gasteiger partial charge is 0.478 e. The lowest BCUT2D eigenvalue weighted by Gasteiger charge is -2.40. The standard InChI is InChI=1S/C30H27F3N4O5/c31-30(32,33)41-25-4-2-1-3-22(25)26-23(27(42-36-26)16-5-6-16)14-40-20-12-18-8-9-19(13-20)37(18)28-21-10-7-17(29(38)39)11-24(21)34-15-35-28/h1-4,7,10-11,15-16,18-20H,5-6,8-9,12-14H2,(H,38,39). The summed E-state index contributed by atoms with van der Waals surface area (Å²) in [6.45, 7) is 0.170. The molecule has 0 spiro atoms. The first kappa shape index (κ1) is 26.7. The van der Waals surface area contributed by atoms with E-state index in [2.05, 4.69) is 24.8 Å². The maximum absolute atomic E-state index is 13.1. The van der Waals surface area contributed by atoms with Crippen molar-refractivity contribution in [2.24, 2.45) is 0 Å². The fourth-order valence-electron chi connectivity index (χ4n) is 6.41. The average molecular weight is 581 g/mol. The number of halogens is 3. The van der Waals surface area contributed by atoms with Gasteiger partial charge in [-0.3, -0.25) is 0 Å². The lowest BCUT2D eigenvalue weighted by atomic mass is 9.98. The van der Waals surface area contributed by atoms with Gasteiger partial charge in [0.15, 0.2) is 0 Å². The number of fused-ring (bicyclic) bond motifs is 3. The molecule has 0 amide bonds. The zero-order valence-electron chi connectivity index (χ0n) is 22.4. The maximum atomic E-state index is 13.1. The highest BCUT2D eigenvalue weighted by Crippen LogP contribution is 2.47. The van der Waals surface area contributed by atoms with Crippen molar-refractivity contribution in [2.45, 2.75) is 75.6 Å². The largest absolute Gasteiger partial charge is 0.573 e. The molecule has 2 atom stereocenters. The molecular weight excluding hydrogens is 553 g/mol. The van der Waals surface area contributed by atoms with Crippen LogP contribution in [0.25, 0.3) is 22.2 Å². The Kier molecular flexibility index (Phi) is 6.52. The normalized spacial score (nSPS) is 22.1. The van der Waals surface area contributed by atoms with Gasteiger partial charge in [0.25, 0.3) is 0 Å². The minimum absolute atomic E-state index is 0.0677. The summed E-state index contributed by atoms with van der Waals surface area (Å²) in [5, 5.41) is 14.4. The minimum Gasteiger partial charge on any atom is -0.478 e. The van der Waals surface area contributed by atoms with Crippen molar-refractivity contribution in [1.82, 2.24) is 15.1 Å². The monoisotopic (exact) mass is 580 g/mol. The van der Waals surface area contributed by atoms with Crippen molar-refractivity contribution in [3.8, 4) is 17.0 Å². The molecular formula is C30H27F3N4O5. The van der Waals surface area contributed by atoms with Gasteiger partial charge in [-0.2, -0.15) is 0 Å². The number of nitrogens with zero attached hydrogens (tertiary/aromatic N) is 4. The van der Waals surface area contributed by atoms with Crippen molar-refractivity contribution >= 4 is 22.7 Å². The molecule has 42 heavy (non-hydrogen) atoms. The Bertz CT molecular complexity index is 1640. The second kappa shape index (κ2) is 10.3. The number of para-hydroxylation sites is 1. The molecule has 2 bridgehead atoms. The fraction of sp³-hybridized carbons (Fsp3) is 0.400. The number of aromatic carboxylic acids is 1. The summed E-state index contributed by atoms with van der Waals surface area (Å²) in [4.78, 5) is 22.6. The van der Waals surface area contributed by atoms with E-state index in [1.807, 2.05) is 0 Å². The Labute approximate surface area is 238 Å². The molecule has 1 N–H and O–H groups in total. The van der Waals surface area contributed by atoms with Gasteiger partial charge in [0, 0.05) is 34.5 Å². The van der Waals surface area contributed by atoms with Crippen LogP contribution < -0.4 is 9.64 Å². The maximum Gasteiger partial charge on any atom is 0.573 e. The Balaban J connectivity index is 1.11. The Hall–Kier alpha value is -4.19. The number of hydrogen-bond donors (Lipinski definition) is 1. The van der Waals surface area contributed by atoms with Crippen LogP contribution in [-0.4, -0.2) is 50.8 Å². The molecule has 2 aromatic heterocycles. The summed E-state index contributed by atoms with van der Waals surface area (Å²) < 4.78 is 55.8. The first-order valence-electron chi connectivity index (χ1n) is 14.0. The van der Waals surface area contributed by atoms with Crippen LogP contribution in [0.5, 0.6) is 5.75 Å². The SMILES string of the molecule is O=C(O)c1ccc2c(N3C4CCC3CC(OCc3c(-c5ccccc5OC(F)(F)F)noc3C3CC3)C4)ncnc2c1. The number of carboxylic acids is 1. The number of carbonyl (C=O) groups is 1. The van der Waals surface area contributed by atoms with Crippen LogP contribution >= 0.6 is 0 Å². The van der Waals surface area contributed by atoms with E-state index in [4.69, 9.17) is 9.26 Å². The topological polar surface area (TPSA) is 111 Å². The third-order valence-corrected chi connectivity index (χ3v) is 8.39. The van der Waals surface area contributed by atoms with Crippen LogP contribution in [0.4, 0.5) is 19.0 Å². The van der Waals surface area contributed by atoms with Gasteiger partial charge in [-0.05, 0) is 68.9 Å². The van der Waals surface area contributed by atoms with Crippen molar-refractivity contribution in [1.29, 1.82) is 0 Å². The molecule has 2 aliphatic heterocycles. The summed E-state index contributed by atoms with van der Waals surface area (Å²) in [5.41, 5.74) is 1.95. The van der Waals surface area contributed by atoms with Gasteiger partial charge >= 0.3 is 12.3 Å². The molecule has 2 saturated heterocycles. The van der Waals surface area contributed by atoms with Crippen molar-refractivity contribution in [3.05, 3.63) is 65.7 Å². The third kappa shape index (κ3) is 5.04. The highest BCUT2D eigenvalue weighted by molar-refractivity contribution is 5.96. The lowest BCUT2D eigenvalue weighted by molar-refractivity contribution is -0.274. The lowest BCUT2D eigenvalue weighted by Crippen LogP contribution is -2.46. The highest BCUT2D eigenvalue weighted by Gasteiger charge is 2.43. The van der Waals surface area contributed by atoms with Gasteiger partial charge in [0.1, 0.15) is 29.3 Å². The number of carboxylic acid groups (broad SMARTS) is 1. The van der Waals surface area contributed by atoms with Gasteiger partial charge in [0.05, 0.1) is 23.8 Å². The summed E-state index contributed by atoms with van der Waals surface area (Å²) in [6, 6.07) is 11.2.